The van der Waals surface area contributed by atoms with Crippen LogP contribution in [0.5, 0.6) is 0 Å². The number of hydrogen-bond acceptors (Lipinski definition) is 6. The molecule has 10 heteroatoms. The zero-order valence-corrected chi connectivity index (χ0v) is 43.7. The van der Waals surface area contributed by atoms with Crippen molar-refractivity contribution in [3.63, 3.8) is 0 Å². The molecule has 0 bridgehead atoms. The van der Waals surface area contributed by atoms with E-state index in [1.54, 1.807) is 9.80 Å². The molecule has 0 saturated carbocycles. The van der Waals surface area contributed by atoms with Gasteiger partial charge in [-0.15, -0.1) is 0 Å². The van der Waals surface area contributed by atoms with Crippen LogP contribution in [0.15, 0.2) is 48.6 Å². The molecule has 10 nitrogen and oxygen atoms in total. The zero-order chi connectivity index (χ0) is 48.9. The van der Waals surface area contributed by atoms with E-state index >= 15 is 0 Å². The van der Waals surface area contributed by atoms with Crippen molar-refractivity contribution in [2.75, 3.05) is 39.3 Å². The van der Waals surface area contributed by atoms with Crippen molar-refractivity contribution in [2.24, 2.45) is 23.3 Å². The highest BCUT2D eigenvalue weighted by Gasteiger charge is 2.32. The summed E-state index contributed by atoms with van der Waals surface area (Å²) >= 11 is 0. The summed E-state index contributed by atoms with van der Waals surface area (Å²) in [6, 6.07) is -1.09. The van der Waals surface area contributed by atoms with Gasteiger partial charge in [-0.3, -0.25) is 19.2 Å². The maximum Gasteiger partial charge on any atom is 0.243 e. The lowest BCUT2D eigenvalue weighted by atomic mass is 10.00. The first kappa shape index (κ1) is 62.8. The average Bonchev–Trinajstić information content (AvgIpc) is 3.29. The molecule has 382 valence electrons. The Morgan fingerprint density at radius 3 is 1.05 bits per heavy atom. The zero-order valence-electron chi connectivity index (χ0n) is 43.7. The molecule has 0 aromatic carbocycles. The second kappa shape index (κ2) is 45.5. The van der Waals surface area contributed by atoms with Crippen molar-refractivity contribution < 1.29 is 19.2 Å². The highest BCUT2D eigenvalue weighted by atomic mass is 16.2. The Hall–Kier alpha value is -3.24. The summed E-state index contributed by atoms with van der Waals surface area (Å²) in [7, 11) is 0. The van der Waals surface area contributed by atoms with Crippen molar-refractivity contribution in [1.29, 1.82) is 0 Å². The second-order valence-corrected chi connectivity index (χ2v) is 19.1. The number of hydrogen-bond donors (Lipinski definition) is 4. The molecule has 0 saturated heterocycles. The van der Waals surface area contributed by atoms with E-state index in [-0.39, 0.29) is 35.5 Å². The lowest BCUT2D eigenvalue weighted by Crippen LogP contribution is -2.53. The van der Waals surface area contributed by atoms with Gasteiger partial charge in [-0.2, -0.15) is 0 Å². The van der Waals surface area contributed by atoms with Crippen LogP contribution >= 0.6 is 0 Å². The standard InChI is InChI=1S/C56H104N6O4/c1-7-9-11-13-15-17-19-21-23-25-27-29-31-33-37-41-51(63)61(47-43-57)53(49(3)4)55(65)59-45-39-35-36-40-46-60-56(66)54(50(5)6)62(48-44-58)52(64)42-38-34-32-30-28-26-24-22-20-18-16-14-12-10-8-2/h15-18,21-24,49-50,53-54H,7-14,19-20,25-48,57-58H2,1-6H3,(H,59,65)(H,60,66)/b17-15-,18-16-,23-21-,24-22-. The maximum absolute atomic E-state index is 13.4. The van der Waals surface area contributed by atoms with Crippen molar-refractivity contribution in [1.82, 2.24) is 20.4 Å². The Labute approximate surface area is 406 Å². The number of carbonyl (C=O) groups excluding carboxylic acids is 4. The van der Waals surface area contributed by atoms with Gasteiger partial charge in [-0.1, -0.05) is 167 Å². The first-order valence-corrected chi connectivity index (χ1v) is 27.2. The first-order chi connectivity index (χ1) is 32.1. The summed E-state index contributed by atoms with van der Waals surface area (Å²) in [5.41, 5.74) is 11.9. The summed E-state index contributed by atoms with van der Waals surface area (Å²) < 4.78 is 0. The van der Waals surface area contributed by atoms with Gasteiger partial charge in [-0.25, -0.2) is 0 Å². The first-order valence-electron chi connectivity index (χ1n) is 27.2. The molecule has 0 rings (SSSR count). The van der Waals surface area contributed by atoms with Crippen LogP contribution in [0.3, 0.4) is 0 Å². The number of nitrogens with zero attached hydrogens (tertiary/aromatic N) is 2. The smallest absolute Gasteiger partial charge is 0.243 e. The van der Waals surface area contributed by atoms with E-state index in [4.69, 9.17) is 11.5 Å². The molecule has 0 radical (unpaired) electrons. The van der Waals surface area contributed by atoms with E-state index in [0.717, 1.165) is 103 Å². The van der Waals surface area contributed by atoms with Crippen LogP contribution in [-0.4, -0.2) is 84.8 Å². The fourth-order valence-corrected chi connectivity index (χ4v) is 8.42. The molecule has 6 N–H and O–H groups in total. The van der Waals surface area contributed by atoms with Crippen LogP contribution < -0.4 is 22.1 Å². The third-order valence-corrected chi connectivity index (χ3v) is 12.2. The molecule has 0 heterocycles. The molecule has 4 amide bonds. The number of nitrogens with one attached hydrogen (secondary N) is 2. The monoisotopic (exact) mass is 925 g/mol. The molecular formula is C56H104N6O4. The van der Waals surface area contributed by atoms with Gasteiger partial charge in [0, 0.05) is 52.1 Å². The number of rotatable bonds is 45. The Morgan fingerprint density at radius 1 is 0.424 bits per heavy atom. The van der Waals surface area contributed by atoms with E-state index in [2.05, 4.69) is 73.1 Å². The molecule has 0 aliphatic heterocycles. The Kier molecular flexibility index (Phi) is 43.3. The minimum Gasteiger partial charge on any atom is -0.354 e. The summed E-state index contributed by atoms with van der Waals surface area (Å²) in [5.74, 6) is -0.296. The molecule has 66 heavy (non-hydrogen) atoms. The van der Waals surface area contributed by atoms with E-state index < -0.39 is 12.1 Å². The van der Waals surface area contributed by atoms with Crippen LogP contribution in [0.1, 0.15) is 221 Å². The third-order valence-electron chi connectivity index (χ3n) is 12.2. The molecule has 0 spiro atoms. The fourth-order valence-electron chi connectivity index (χ4n) is 8.42. The molecule has 0 aliphatic carbocycles. The Morgan fingerprint density at radius 2 is 0.727 bits per heavy atom. The Bertz CT molecular complexity index is 1210. The van der Waals surface area contributed by atoms with Gasteiger partial charge in [0.15, 0.2) is 0 Å². The van der Waals surface area contributed by atoms with E-state index in [1.165, 1.54) is 64.2 Å². The highest BCUT2D eigenvalue weighted by Crippen LogP contribution is 2.18. The molecule has 0 aliphatic rings. The lowest BCUT2D eigenvalue weighted by molar-refractivity contribution is -0.142. The fraction of sp³-hybridized carbons (Fsp3) is 0.786. The summed E-state index contributed by atoms with van der Waals surface area (Å²) in [5, 5.41) is 6.18. The van der Waals surface area contributed by atoms with Crippen LogP contribution in [0.25, 0.3) is 0 Å². The maximum atomic E-state index is 13.4. The number of carbonyl (C=O) groups is 4. The average molecular weight is 925 g/mol. The molecule has 0 aromatic rings. The normalized spacial score (nSPS) is 12.9. The summed E-state index contributed by atoms with van der Waals surface area (Å²) in [6.07, 6.45) is 47.4. The highest BCUT2D eigenvalue weighted by molar-refractivity contribution is 5.88. The van der Waals surface area contributed by atoms with Crippen LogP contribution in [-0.2, 0) is 19.2 Å². The van der Waals surface area contributed by atoms with Crippen LogP contribution in [0.4, 0.5) is 0 Å². The van der Waals surface area contributed by atoms with Gasteiger partial charge in [0.25, 0.3) is 0 Å². The SMILES string of the molecule is CCCCC/C=C\C/C=C\CCCCCCCC(=O)N(CCN)C(C(=O)NCCCCCCNC(=O)C(C(C)C)N(CCN)C(=O)CCCCCCC/C=C\C/C=C\CCCCC)C(C)C. The summed E-state index contributed by atoms with van der Waals surface area (Å²) in [6.45, 7) is 14.9. The van der Waals surface area contributed by atoms with Gasteiger partial charge >= 0.3 is 0 Å². The number of unbranched alkanes of at least 4 members (excludes halogenated alkanes) is 19. The topological polar surface area (TPSA) is 151 Å². The van der Waals surface area contributed by atoms with E-state index in [1.807, 2.05) is 27.7 Å². The number of amides is 4. The van der Waals surface area contributed by atoms with E-state index in [9.17, 15) is 19.2 Å². The second-order valence-electron chi connectivity index (χ2n) is 19.1. The van der Waals surface area contributed by atoms with Crippen molar-refractivity contribution in [3.8, 4) is 0 Å². The van der Waals surface area contributed by atoms with Gasteiger partial charge < -0.3 is 31.9 Å². The van der Waals surface area contributed by atoms with Crippen molar-refractivity contribution in [2.45, 2.75) is 233 Å². The van der Waals surface area contributed by atoms with Crippen molar-refractivity contribution >= 4 is 23.6 Å². The van der Waals surface area contributed by atoms with Crippen molar-refractivity contribution in [3.05, 3.63) is 48.6 Å². The Balaban J connectivity index is 4.53. The third kappa shape index (κ3) is 34.1. The van der Waals surface area contributed by atoms with Crippen LogP contribution in [0, 0.1) is 11.8 Å². The van der Waals surface area contributed by atoms with E-state index in [0.29, 0.717) is 52.1 Å². The molecule has 2 unspecified atom stereocenters. The molecule has 2 atom stereocenters. The largest absolute Gasteiger partial charge is 0.354 e. The minimum absolute atomic E-state index is 0.00855. The lowest BCUT2D eigenvalue weighted by Gasteiger charge is -2.33. The van der Waals surface area contributed by atoms with Gasteiger partial charge in [-0.05, 0) is 102 Å². The van der Waals surface area contributed by atoms with Gasteiger partial charge in [0.05, 0.1) is 0 Å². The van der Waals surface area contributed by atoms with Gasteiger partial charge in [0.2, 0.25) is 23.6 Å². The van der Waals surface area contributed by atoms with Crippen LogP contribution in [0.2, 0.25) is 0 Å². The molecule has 0 aromatic heterocycles. The predicted octanol–water partition coefficient (Wildman–Crippen LogP) is 12.0. The quantitative estimate of drug-likeness (QED) is 0.0353. The predicted molar refractivity (Wildman–Crippen MR) is 282 cm³/mol. The molecular weight excluding hydrogens is 821 g/mol. The number of allylic oxidation sites excluding steroid dienone is 8. The number of nitrogens with two attached hydrogens (primary N) is 2. The minimum atomic E-state index is -0.547. The molecule has 0 fully saturated rings. The van der Waals surface area contributed by atoms with Gasteiger partial charge in [0.1, 0.15) is 12.1 Å². The summed E-state index contributed by atoms with van der Waals surface area (Å²) in [4.78, 5) is 57.0.